The molecule has 268 valence electrons. The van der Waals surface area contributed by atoms with Crippen molar-refractivity contribution < 1.29 is 52.7 Å². The largest absolute Gasteiger partial charge is 0.524 e. The number of carbonyl (C=O) groups is 5. The second-order valence-electron chi connectivity index (χ2n) is 11.6. The van der Waals surface area contributed by atoms with Gasteiger partial charge in [-0.05, 0) is 39.6 Å². The molecule has 51 heavy (non-hydrogen) atoms. The number of hydrogen-bond acceptors (Lipinski definition) is 8. The van der Waals surface area contributed by atoms with Crippen molar-refractivity contribution in [3.63, 3.8) is 0 Å². The van der Waals surface area contributed by atoms with Gasteiger partial charge in [0.1, 0.15) is 24.4 Å². The molecule has 0 unspecified atom stereocenters. The van der Waals surface area contributed by atoms with Gasteiger partial charge < -0.3 is 30.3 Å². The summed E-state index contributed by atoms with van der Waals surface area (Å²) in [7, 11) is -4.80. The minimum absolute atomic E-state index is 0.00152. The quantitative estimate of drug-likeness (QED) is 0.0499. The van der Waals surface area contributed by atoms with Crippen molar-refractivity contribution >= 4 is 48.3 Å². The Balaban J connectivity index is 1.49. The smallest absolute Gasteiger partial charge is 0.481 e. The Labute approximate surface area is 293 Å². The zero-order valence-electron chi connectivity index (χ0n) is 27.4. The molecule has 0 aromatic heterocycles. The van der Waals surface area contributed by atoms with Crippen LogP contribution in [0.3, 0.4) is 0 Å². The molecule has 4 aromatic rings. The Bertz CT molecular complexity index is 1880. The number of phosphoric ester groups is 1. The molecule has 6 N–H and O–H groups in total. The SMILES string of the molecule is O=C(O)CCC(=O)OCCNC(=O)[C@@H](Cc1ccc(OP(=O)(O)O)cc1)NC(=O)[C@@H](Cc1ccccc1)NC(=O)Cc1ccc2ccccc2c1. The first kappa shape index (κ1) is 38.2. The van der Waals surface area contributed by atoms with E-state index in [1.165, 1.54) is 24.3 Å². The first-order valence-corrected chi connectivity index (χ1v) is 17.5. The van der Waals surface area contributed by atoms with Gasteiger partial charge in [0.25, 0.3) is 0 Å². The summed E-state index contributed by atoms with van der Waals surface area (Å²) in [6.45, 7) is -0.393. The van der Waals surface area contributed by atoms with E-state index in [1.54, 1.807) is 24.3 Å². The van der Waals surface area contributed by atoms with Crippen molar-refractivity contribution in [3.05, 3.63) is 114 Å². The van der Waals surface area contributed by atoms with E-state index in [-0.39, 0.29) is 44.6 Å². The van der Waals surface area contributed by atoms with Gasteiger partial charge in [-0.25, -0.2) is 4.57 Å². The minimum atomic E-state index is -4.80. The van der Waals surface area contributed by atoms with Crippen molar-refractivity contribution in [1.29, 1.82) is 0 Å². The molecule has 0 heterocycles. The number of aliphatic carboxylic acids is 1. The summed E-state index contributed by atoms with van der Waals surface area (Å²) >= 11 is 0. The molecule has 0 fully saturated rings. The number of rotatable bonds is 18. The summed E-state index contributed by atoms with van der Waals surface area (Å²) in [5, 5.41) is 18.8. The third-order valence-corrected chi connectivity index (χ3v) is 7.99. The second kappa shape index (κ2) is 18.4. The first-order chi connectivity index (χ1) is 24.3. The van der Waals surface area contributed by atoms with E-state index < -0.39 is 56.0 Å². The highest BCUT2D eigenvalue weighted by molar-refractivity contribution is 7.46. The van der Waals surface area contributed by atoms with E-state index in [0.717, 1.165) is 21.9 Å². The van der Waals surface area contributed by atoms with Crippen LogP contribution in [0, 0.1) is 0 Å². The lowest BCUT2D eigenvalue weighted by molar-refractivity contribution is -0.147. The average molecular weight is 720 g/mol. The molecule has 14 nitrogen and oxygen atoms in total. The fourth-order valence-electron chi connectivity index (χ4n) is 5.12. The fraction of sp³-hybridized carbons (Fsp3) is 0.250. The summed E-state index contributed by atoms with van der Waals surface area (Å²) in [4.78, 5) is 81.2. The van der Waals surface area contributed by atoms with Crippen LogP contribution in [0.4, 0.5) is 0 Å². The predicted octanol–water partition coefficient (Wildman–Crippen LogP) is 2.83. The van der Waals surface area contributed by atoms with Crippen molar-refractivity contribution in [2.75, 3.05) is 13.2 Å². The topological polar surface area (TPSA) is 218 Å². The maximum atomic E-state index is 13.8. The molecular weight excluding hydrogens is 681 g/mol. The number of nitrogens with one attached hydrogen (secondary N) is 3. The molecule has 0 saturated carbocycles. The van der Waals surface area contributed by atoms with Gasteiger partial charge in [0.15, 0.2) is 0 Å². The number of carbonyl (C=O) groups excluding carboxylic acids is 4. The van der Waals surface area contributed by atoms with E-state index in [4.69, 9.17) is 19.6 Å². The monoisotopic (exact) mass is 719 g/mol. The molecule has 15 heteroatoms. The lowest BCUT2D eigenvalue weighted by Gasteiger charge is -2.24. The van der Waals surface area contributed by atoms with Gasteiger partial charge in [0, 0.05) is 12.8 Å². The maximum absolute atomic E-state index is 13.8. The van der Waals surface area contributed by atoms with E-state index in [1.807, 2.05) is 48.5 Å². The standard InChI is InChI=1S/C36H38N3O11P/c40-32(23-26-10-13-27-8-4-5-9-28(27)20-26)38-31(21-24-6-2-1-3-7-24)36(45)39-30(22-25-11-14-29(15-12-25)50-51(46,47)48)35(44)37-18-19-49-34(43)17-16-33(41)42/h1-15,20,30-31H,16-19,21-23H2,(H,37,44)(H,38,40)(H,39,45)(H,41,42)(H2,46,47,48)/t30-,31-/m1/s1. The molecule has 4 aromatic carbocycles. The minimum Gasteiger partial charge on any atom is -0.481 e. The normalized spacial score (nSPS) is 12.3. The third kappa shape index (κ3) is 13.3. The van der Waals surface area contributed by atoms with Crippen LogP contribution in [0.25, 0.3) is 10.8 Å². The van der Waals surface area contributed by atoms with Gasteiger partial charge >= 0.3 is 19.8 Å². The average Bonchev–Trinajstić information content (AvgIpc) is 3.09. The van der Waals surface area contributed by atoms with Crippen molar-refractivity contribution in [1.82, 2.24) is 16.0 Å². The van der Waals surface area contributed by atoms with Crippen LogP contribution in [-0.4, -0.2) is 69.8 Å². The van der Waals surface area contributed by atoms with Crippen LogP contribution in [0.1, 0.15) is 29.5 Å². The number of fused-ring (bicyclic) bond motifs is 1. The van der Waals surface area contributed by atoms with E-state index in [9.17, 15) is 28.5 Å². The summed E-state index contributed by atoms with van der Waals surface area (Å²) < 4.78 is 20.8. The summed E-state index contributed by atoms with van der Waals surface area (Å²) in [6, 6.07) is 25.7. The lowest BCUT2D eigenvalue weighted by Crippen LogP contribution is -2.55. The van der Waals surface area contributed by atoms with Crippen LogP contribution in [-0.2, 0) is 52.5 Å². The molecule has 2 atom stereocenters. The third-order valence-electron chi connectivity index (χ3n) is 7.54. The molecule has 0 aliphatic heterocycles. The molecule has 0 aliphatic rings. The highest BCUT2D eigenvalue weighted by Crippen LogP contribution is 2.37. The molecule has 3 amide bonds. The number of carboxylic acids is 1. The Hall–Kier alpha value is -5.56. The zero-order chi connectivity index (χ0) is 36.8. The first-order valence-electron chi connectivity index (χ1n) is 15.9. The van der Waals surface area contributed by atoms with Gasteiger partial charge in [0.2, 0.25) is 17.7 Å². The highest BCUT2D eigenvalue weighted by Gasteiger charge is 2.28. The van der Waals surface area contributed by atoms with Gasteiger partial charge in [-0.1, -0.05) is 84.9 Å². The molecular formula is C36H38N3O11P. The molecule has 0 spiro atoms. The van der Waals surface area contributed by atoms with Crippen LogP contribution in [0.15, 0.2) is 97.1 Å². The van der Waals surface area contributed by atoms with Gasteiger partial charge in [-0.2, -0.15) is 0 Å². The van der Waals surface area contributed by atoms with Gasteiger partial charge in [-0.15, -0.1) is 0 Å². The number of benzene rings is 4. The molecule has 4 rings (SSSR count). The fourth-order valence-corrected chi connectivity index (χ4v) is 5.52. The number of carboxylic acid groups (broad SMARTS) is 1. The van der Waals surface area contributed by atoms with Crippen LogP contribution in [0.5, 0.6) is 5.75 Å². The number of esters is 1. The number of phosphoric acid groups is 1. The molecule has 0 radical (unpaired) electrons. The van der Waals surface area contributed by atoms with E-state index >= 15 is 0 Å². The van der Waals surface area contributed by atoms with Crippen LogP contribution in [0.2, 0.25) is 0 Å². The Morgan fingerprint density at radius 3 is 1.96 bits per heavy atom. The summed E-state index contributed by atoms with van der Waals surface area (Å²) in [6.07, 6.45) is -0.693. The maximum Gasteiger partial charge on any atom is 0.524 e. The Kier molecular flexibility index (Phi) is 13.8. The summed E-state index contributed by atoms with van der Waals surface area (Å²) in [5.74, 6) is -3.73. The second-order valence-corrected chi connectivity index (χ2v) is 12.7. The lowest BCUT2D eigenvalue weighted by atomic mass is 10.0. The Morgan fingerprint density at radius 2 is 1.29 bits per heavy atom. The molecule has 0 aliphatic carbocycles. The predicted molar refractivity (Wildman–Crippen MR) is 185 cm³/mol. The van der Waals surface area contributed by atoms with Crippen LogP contribution < -0.4 is 20.5 Å². The molecule has 0 saturated heterocycles. The zero-order valence-corrected chi connectivity index (χ0v) is 28.3. The van der Waals surface area contributed by atoms with Crippen LogP contribution >= 0.6 is 7.82 Å². The van der Waals surface area contributed by atoms with Crippen molar-refractivity contribution in [2.24, 2.45) is 0 Å². The number of hydrogen-bond donors (Lipinski definition) is 6. The van der Waals surface area contributed by atoms with Gasteiger partial charge in [-0.3, -0.25) is 33.8 Å². The van der Waals surface area contributed by atoms with Crippen molar-refractivity contribution in [2.45, 2.75) is 44.2 Å². The van der Waals surface area contributed by atoms with Crippen molar-refractivity contribution in [3.8, 4) is 5.75 Å². The van der Waals surface area contributed by atoms with E-state index in [0.29, 0.717) is 5.56 Å². The van der Waals surface area contributed by atoms with Gasteiger partial charge in [0.05, 0.1) is 25.8 Å². The number of ether oxygens (including phenoxy) is 1. The summed E-state index contributed by atoms with van der Waals surface area (Å²) in [5.41, 5.74) is 2.00. The Morgan fingerprint density at radius 1 is 0.686 bits per heavy atom. The molecule has 0 bridgehead atoms. The number of amides is 3. The van der Waals surface area contributed by atoms with E-state index in [2.05, 4.69) is 20.5 Å². The highest BCUT2D eigenvalue weighted by atomic mass is 31.2.